The summed E-state index contributed by atoms with van der Waals surface area (Å²) in [5.74, 6) is -0.219. The van der Waals surface area contributed by atoms with E-state index in [0.717, 1.165) is 64.2 Å². The summed E-state index contributed by atoms with van der Waals surface area (Å²) < 4.78 is 23.3. The third-order valence-corrected chi connectivity index (χ3v) is 13.1. The summed E-state index contributed by atoms with van der Waals surface area (Å²) in [5, 5.41) is 13.8. The molecule has 8 nitrogen and oxygen atoms in total. The summed E-state index contributed by atoms with van der Waals surface area (Å²) in [5.41, 5.74) is 0. The third-order valence-electron chi connectivity index (χ3n) is 12.2. The fourth-order valence-corrected chi connectivity index (χ4v) is 8.53. The molecular weight excluding hydrogens is 840 g/mol. The fourth-order valence-electron chi connectivity index (χ4n) is 7.80. The van der Waals surface area contributed by atoms with Gasteiger partial charge in [-0.25, -0.2) is 0 Å². The molecule has 0 saturated carbocycles. The summed E-state index contributed by atoms with van der Waals surface area (Å²) in [6.07, 6.45) is 64.3. The number of hydrogen-bond acceptors (Lipinski definition) is 6. The molecule has 386 valence electrons. The number of nitrogens with zero attached hydrogens (tertiary/aromatic N) is 1. The molecule has 0 aliphatic rings. The van der Waals surface area contributed by atoms with Crippen molar-refractivity contribution in [2.45, 2.75) is 257 Å². The van der Waals surface area contributed by atoms with Gasteiger partial charge in [-0.1, -0.05) is 222 Å². The molecule has 0 aromatic heterocycles. The van der Waals surface area contributed by atoms with Crippen LogP contribution in [-0.2, 0) is 18.4 Å². The van der Waals surface area contributed by atoms with Crippen molar-refractivity contribution < 1.29 is 32.9 Å². The van der Waals surface area contributed by atoms with Gasteiger partial charge in [0.05, 0.1) is 39.9 Å². The molecule has 3 unspecified atom stereocenters. The monoisotopic (exact) mass is 947 g/mol. The quantitative estimate of drug-likeness (QED) is 0.0272. The Morgan fingerprint density at radius 2 is 0.894 bits per heavy atom. The molecule has 9 heteroatoms. The highest BCUT2D eigenvalue weighted by Crippen LogP contribution is 2.38. The lowest BCUT2D eigenvalue weighted by atomic mass is 10.1. The van der Waals surface area contributed by atoms with Gasteiger partial charge in [-0.3, -0.25) is 9.36 Å². The number of amides is 1. The van der Waals surface area contributed by atoms with Gasteiger partial charge in [-0.05, 0) is 77.0 Å². The van der Waals surface area contributed by atoms with Gasteiger partial charge in [0.15, 0.2) is 0 Å². The number of aliphatic hydroxyl groups is 1. The van der Waals surface area contributed by atoms with Crippen molar-refractivity contribution in [1.29, 1.82) is 0 Å². The van der Waals surface area contributed by atoms with Gasteiger partial charge in [-0.2, -0.15) is 0 Å². The second kappa shape index (κ2) is 48.2. The van der Waals surface area contributed by atoms with E-state index in [1.807, 2.05) is 27.2 Å². The van der Waals surface area contributed by atoms with E-state index < -0.39 is 26.6 Å². The van der Waals surface area contributed by atoms with Crippen molar-refractivity contribution in [2.24, 2.45) is 0 Å². The maximum absolute atomic E-state index is 12.9. The highest BCUT2D eigenvalue weighted by molar-refractivity contribution is 7.45. The van der Waals surface area contributed by atoms with Crippen LogP contribution in [0.25, 0.3) is 0 Å². The van der Waals surface area contributed by atoms with Gasteiger partial charge >= 0.3 is 0 Å². The Morgan fingerprint density at radius 3 is 1.32 bits per heavy atom. The van der Waals surface area contributed by atoms with Crippen LogP contribution in [0, 0.1) is 0 Å². The average molecular weight is 947 g/mol. The first-order valence-corrected chi connectivity index (χ1v) is 29.1. The highest BCUT2D eigenvalue weighted by atomic mass is 31.2. The number of phosphoric ester groups is 1. The molecule has 66 heavy (non-hydrogen) atoms. The topological polar surface area (TPSA) is 108 Å². The standard InChI is InChI=1S/C57H107N2O6P/c1-6-8-10-12-14-16-18-20-22-24-26-28-29-31-33-35-37-39-41-43-45-47-49-51-57(61)58-55(54-65-66(62,63)64-53-52-59(3,4)5)56(60)50-48-46-44-42-40-38-36-34-32-30-27-25-23-21-19-17-15-13-11-9-7-2/h26,28,31-34,40,42,48,50,55-56,60H,6-25,27,29-30,35-39,41,43-47,49,51-54H2,1-5H3,(H-,58,61,62,63)/b28-26-,33-31-,34-32+,42-40+,50-48+. The minimum absolute atomic E-state index is 0.0125. The molecule has 0 heterocycles. The number of rotatable bonds is 50. The van der Waals surface area contributed by atoms with Crippen LogP contribution in [0.1, 0.15) is 245 Å². The number of hydrogen-bond donors (Lipinski definition) is 2. The predicted molar refractivity (Wildman–Crippen MR) is 284 cm³/mol. The molecule has 0 bridgehead atoms. The molecule has 0 rings (SSSR count). The van der Waals surface area contributed by atoms with Crippen LogP contribution in [0.15, 0.2) is 60.8 Å². The van der Waals surface area contributed by atoms with E-state index in [1.54, 1.807) is 6.08 Å². The van der Waals surface area contributed by atoms with E-state index in [4.69, 9.17) is 9.05 Å². The van der Waals surface area contributed by atoms with Crippen molar-refractivity contribution >= 4 is 13.7 Å². The smallest absolute Gasteiger partial charge is 0.268 e. The van der Waals surface area contributed by atoms with Gasteiger partial charge in [0, 0.05) is 6.42 Å². The van der Waals surface area contributed by atoms with Crippen LogP contribution < -0.4 is 10.2 Å². The highest BCUT2D eigenvalue weighted by Gasteiger charge is 2.23. The normalized spacial score (nSPS) is 14.5. The Labute approximate surface area is 409 Å². The summed E-state index contributed by atoms with van der Waals surface area (Å²) in [6, 6.07) is -0.917. The molecule has 0 aliphatic carbocycles. The number of carbonyl (C=O) groups is 1. The number of nitrogens with one attached hydrogen (secondary N) is 1. The van der Waals surface area contributed by atoms with Crippen molar-refractivity contribution in [3.8, 4) is 0 Å². The van der Waals surface area contributed by atoms with Crippen LogP contribution in [0.4, 0.5) is 0 Å². The van der Waals surface area contributed by atoms with Gasteiger partial charge in [0.1, 0.15) is 13.2 Å². The Hall–Kier alpha value is -1.80. The number of carbonyl (C=O) groups excluding carboxylic acids is 1. The zero-order valence-electron chi connectivity index (χ0n) is 43.9. The zero-order chi connectivity index (χ0) is 48.5. The van der Waals surface area contributed by atoms with Crippen LogP contribution in [-0.4, -0.2) is 68.5 Å². The van der Waals surface area contributed by atoms with Gasteiger partial charge in [0.2, 0.25) is 5.91 Å². The lowest BCUT2D eigenvalue weighted by Crippen LogP contribution is -2.45. The maximum atomic E-state index is 12.9. The van der Waals surface area contributed by atoms with Crippen LogP contribution >= 0.6 is 7.82 Å². The Morgan fingerprint density at radius 1 is 0.530 bits per heavy atom. The second-order valence-corrected chi connectivity index (χ2v) is 21.3. The van der Waals surface area contributed by atoms with E-state index in [-0.39, 0.29) is 12.5 Å². The number of quaternary nitrogens is 1. The number of allylic oxidation sites excluding steroid dienone is 9. The Balaban J connectivity index is 4.35. The molecule has 0 saturated heterocycles. The first-order valence-electron chi connectivity index (χ1n) is 27.7. The van der Waals surface area contributed by atoms with E-state index >= 15 is 0 Å². The predicted octanol–water partition coefficient (Wildman–Crippen LogP) is 15.9. The maximum Gasteiger partial charge on any atom is 0.268 e. The van der Waals surface area contributed by atoms with Crippen molar-refractivity contribution in [3.63, 3.8) is 0 Å². The lowest BCUT2D eigenvalue weighted by Gasteiger charge is -2.29. The first kappa shape index (κ1) is 64.2. The average Bonchev–Trinajstić information content (AvgIpc) is 3.28. The Bertz CT molecular complexity index is 1260. The molecule has 0 fully saturated rings. The molecule has 0 aliphatic heterocycles. The van der Waals surface area contributed by atoms with Crippen molar-refractivity contribution in [3.05, 3.63) is 60.8 Å². The molecule has 0 spiro atoms. The molecule has 2 N–H and O–H groups in total. The second-order valence-electron chi connectivity index (χ2n) is 19.9. The van der Waals surface area contributed by atoms with Crippen LogP contribution in [0.3, 0.4) is 0 Å². The summed E-state index contributed by atoms with van der Waals surface area (Å²) >= 11 is 0. The largest absolute Gasteiger partial charge is 0.756 e. The molecule has 3 atom stereocenters. The number of phosphoric acid groups is 1. The fraction of sp³-hybridized carbons (Fsp3) is 0.807. The first-order chi connectivity index (χ1) is 32.0. The minimum atomic E-state index is -4.61. The van der Waals surface area contributed by atoms with E-state index in [1.165, 1.54) is 161 Å². The Kier molecular flexibility index (Phi) is 46.9. The minimum Gasteiger partial charge on any atom is -0.756 e. The van der Waals surface area contributed by atoms with E-state index in [9.17, 15) is 19.4 Å². The summed E-state index contributed by atoms with van der Waals surface area (Å²) in [7, 11) is 1.23. The number of unbranched alkanes of at least 4 members (excludes halogenated alkanes) is 29. The van der Waals surface area contributed by atoms with E-state index in [0.29, 0.717) is 17.4 Å². The number of aliphatic hydroxyl groups excluding tert-OH is 1. The molecule has 0 radical (unpaired) electrons. The summed E-state index contributed by atoms with van der Waals surface area (Å²) in [6.45, 7) is 4.63. The van der Waals surface area contributed by atoms with Crippen molar-refractivity contribution in [1.82, 2.24) is 5.32 Å². The van der Waals surface area contributed by atoms with Gasteiger partial charge in [-0.15, -0.1) is 0 Å². The van der Waals surface area contributed by atoms with Crippen molar-refractivity contribution in [2.75, 3.05) is 40.9 Å². The van der Waals surface area contributed by atoms with Crippen LogP contribution in [0.5, 0.6) is 0 Å². The molecule has 0 aromatic rings. The van der Waals surface area contributed by atoms with Crippen LogP contribution in [0.2, 0.25) is 0 Å². The number of likely N-dealkylation sites (N-methyl/N-ethyl adjacent to an activating group) is 1. The van der Waals surface area contributed by atoms with E-state index in [2.05, 4.69) is 67.8 Å². The van der Waals surface area contributed by atoms with Gasteiger partial charge in [0.25, 0.3) is 7.82 Å². The summed E-state index contributed by atoms with van der Waals surface area (Å²) in [4.78, 5) is 25.5. The third kappa shape index (κ3) is 50.1. The lowest BCUT2D eigenvalue weighted by molar-refractivity contribution is -0.870. The van der Waals surface area contributed by atoms with Gasteiger partial charge < -0.3 is 28.8 Å². The molecular formula is C57H107N2O6P. The SMILES string of the molecule is CCCCCCCCCCC/C=C\C/C=C\CCCCCCCCCC(=O)NC(COP(=O)([O-])OCC[N+](C)(C)C)C(O)/C=C/CC/C=C/CC/C=C/CCCCCCCCCCCCC. The molecule has 0 aromatic carbocycles. The molecule has 1 amide bonds. The zero-order valence-corrected chi connectivity index (χ0v) is 44.8.